The smallest absolute Gasteiger partial charge is 0.171 e. The molecule has 0 amide bonds. The quantitative estimate of drug-likeness (QED) is 0.787. The fourth-order valence-electron chi connectivity index (χ4n) is 1.07. The molecule has 1 aromatic rings. The van der Waals surface area contributed by atoms with Gasteiger partial charge in [0, 0.05) is 18.2 Å². The number of hydrogen-bond donors (Lipinski definition) is 2. The number of nitrogens with one attached hydrogen (secondary N) is 2. The molecule has 0 unspecified atom stereocenters. The van der Waals surface area contributed by atoms with Crippen LogP contribution < -0.4 is 10.6 Å². The van der Waals surface area contributed by atoms with E-state index in [9.17, 15) is 13.2 Å². The summed E-state index contributed by atoms with van der Waals surface area (Å²) in [6.07, 6.45) is 0. The summed E-state index contributed by atoms with van der Waals surface area (Å²) < 4.78 is 39.0. The van der Waals surface area contributed by atoms with E-state index in [0.717, 1.165) is 0 Å². The Balaban J connectivity index is 2.85. The van der Waals surface area contributed by atoms with E-state index < -0.39 is 23.1 Å². The summed E-state index contributed by atoms with van der Waals surface area (Å²) in [5.41, 5.74) is -0.459. The fourth-order valence-corrected chi connectivity index (χ4v) is 1.41. The summed E-state index contributed by atoms with van der Waals surface area (Å²) in [5.74, 6) is -3.01. The first-order valence-corrected chi connectivity index (χ1v) is 5.03. The number of benzene rings is 1. The zero-order valence-electron chi connectivity index (χ0n) is 8.77. The van der Waals surface area contributed by atoms with Gasteiger partial charge < -0.3 is 10.6 Å². The van der Waals surface area contributed by atoms with E-state index in [1.165, 1.54) is 0 Å². The van der Waals surface area contributed by atoms with E-state index in [-0.39, 0.29) is 11.2 Å². The molecule has 0 aliphatic heterocycles. The standard InChI is InChI=1S/C10H11F3N2S/c1-5(2)14-10(16)15-9-7(12)3-6(11)4-8(9)13/h3-5H,1-2H3,(H2,14,15,16). The fraction of sp³-hybridized carbons (Fsp3) is 0.300. The highest BCUT2D eigenvalue weighted by Gasteiger charge is 2.12. The molecule has 0 aliphatic carbocycles. The molecule has 6 heteroatoms. The SMILES string of the molecule is CC(C)NC(=S)Nc1c(F)cc(F)cc1F. The zero-order chi connectivity index (χ0) is 12.3. The predicted octanol–water partition coefficient (Wildman–Crippen LogP) is 2.80. The lowest BCUT2D eigenvalue weighted by atomic mass is 10.3. The van der Waals surface area contributed by atoms with Crippen molar-refractivity contribution < 1.29 is 13.2 Å². The molecule has 0 bridgehead atoms. The number of halogens is 3. The predicted molar refractivity (Wildman–Crippen MR) is 60.8 cm³/mol. The topological polar surface area (TPSA) is 24.1 Å². The summed E-state index contributed by atoms with van der Waals surface area (Å²) in [7, 11) is 0. The molecule has 0 heterocycles. The minimum atomic E-state index is -1.02. The molecule has 1 aromatic carbocycles. The maximum absolute atomic E-state index is 13.2. The second-order valence-corrected chi connectivity index (χ2v) is 3.91. The average Bonchev–Trinajstić information content (AvgIpc) is 2.09. The van der Waals surface area contributed by atoms with Crippen LogP contribution in [0.5, 0.6) is 0 Å². The molecular formula is C10H11F3N2S. The minimum absolute atomic E-state index is 0.0339. The molecule has 2 N–H and O–H groups in total. The van der Waals surface area contributed by atoms with E-state index in [0.29, 0.717) is 12.1 Å². The van der Waals surface area contributed by atoms with Crippen molar-refractivity contribution in [1.29, 1.82) is 0 Å². The van der Waals surface area contributed by atoms with Crippen LogP contribution in [0.25, 0.3) is 0 Å². The minimum Gasteiger partial charge on any atom is -0.360 e. The highest BCUT2D eigenvalue weighted by atomic mass is 32.1. The Morgan fingerprint density at radius 2 is 1.69 bits per heavy atom. The Labute approximate surface area is 96.8 Å². The van der Waals surface area contributed by atoms with Crippen molar-refractivity contribution in [1.82, 2.24) is 5.32 Å². The van der Waals surface area contributed by atoms with Crippen molar-refractivity contribution in [2.24, 2.45) is 0 Å². The molecular weight excluding hydrogens is 237 g/mol. The maximum Gasteiger partial charge on any atom is 0.171 e. The van der Waals surface area contributed by atoms with Crippen molar-refractivity contribution in [3.05, 3.63) is 29.6 Å². The van der Waals surface area contributed by atoms with Crippen LogP contribution in [-0.2, 0) is 0 Å². The van der Waals surface area contributed by atoms with E-state index in [1.54, 1.807) is 0 Å². The Morgan fingerprint density at radius 3 is 2.12 bits per heavy atom. The van der Waals surface area contributed by atoms with Gasteiger partial charge in [-0.2, -0.15) is 0 Å². The van der Waals surface area contributed by atoms with Gasteiger partial charge in [0.2, 0.25) is 0 Å². The van der Waals surface area contributed by atoms with Gasteiger partial charge in [-0.1, -0.05) is 0 Å². The third-order valence-corrected chi connectivity index (χ3v) is 1.89. The van der Waals surface area contributed by atoms with E-state index >= 15 is 0 Å². The summed E-state index contributed by atoms with van der Waals surface area (Å²) in [6.45, 7) is 3.65. The zero-order valence-corrected chi connectivity index (χ0v) is 9.59. The Hall–Kier alpha value is -1.30. The van der Waals surface area contributed by atoms with Gasteiger partial charge in [-0.25, -0.2) is 13.2 Å². The molecule has 16 heavy (non-hydrogen) atoms. The largest absolute Gasteiger partial charge is 0.360 e. The number of hydrogen-bond acceptors (Lipinski definition) is 1. The second-order valence-electron chi connectivity index (χ2n) is 3.50. The van der Waals surface area contributed by atoms with E-state index in [1.807, 2.05) is 13.8 Å². The van der Waals surface area contributed by atoms with Crippen LogP contribution in [0.1, 0.15) is 13.8 Å². The summed E-state index contributed by atoms with van der Waals surface area (Å²) in [5, 5.41) is 5.18. The first kappa shape index (κ1) is 12.8. The lowest BCUT2D eigenvalue weighted by Crippen LogP contribution is -2.34. The first-order valence-electron chi connectivity index (χ1n) is 4.62. The highest BCUT2D eigenvalue weighted by Crippen LogP contribution is 2.19. The van der Waals surface area contributed by atoms with Crippen molar-refractivity contribution in [2.45, 2.75) is 19.9 Å². The highest BCUT2D eigenvalue weighted by molar-refractivity contribution is 7.80. The van der Waals surface area contributed by atoms with Crippen LogP contribution in [0.4, 0.5) is 18.9 Å². The second kappa shape index (κ2) is 5.16. The number of anilines is 1. The van der Waals surface area contributed by atoms with Gasteiger partial charge in [0.25, 0.3) is 0 Å². The summed E-state index contributed by atoms with van der Waals surface area (Å²) >= 11 is 4.82. The average molecular weight is 248 g/mol. The van der Waals surface area contributed by atoms with Gasteiger partial charge in [-0.15, -0.1) is 0 Å². The van der Waals surface area contributed by atoms with Crippen molar-refractivity contribution in [3.8, 4) is 0 Å². The number of rotatable bonds is 2. The molecule has 0 saturated carbocycles. The van der Waals surface area contributed by atoms with Crippen molar-refractivity contribution in [3.63, 3.8) is 0 Å². The van der Waals surface area contributed by atoms with Crippen molar-refractivity contribution in [2.75, 3.05) is 5.32 Å². The maximum atomic E-state index is 13.2. The van der Waals surface area contributed by atoms with Crippen LogP contribution in [0.2, 0.25) is 0 Å². The normalized spacial score (nSPS) is 10.4. The number of thiocarbonyl (C=S) groups is 1. The van der Waals surface area contributed by atoms with Crippen LogP contribution in [-0.4, -0.2) is 11.2 Å². The van der Waals surface area contributed by atoms with Gasteiger partial charge in [0.1, 0.15) is 11.5 Å². The third kappa shape index (κ3) is 3.37. The first-order chi connectivity index (χ1) is 7.40. The summed E-state index contributed by atoms with van der Waals surface area (Å²) in [4.78, 5) is 0. The molecule has 0 saturated heterocycles. The van der Waals surface area contributed by atoms with Gasteiger partial charge >= 0.3 is 0 Å². The molecule has 0 atom stereocenters. The lowest BCUT2D eigenvalue weighted by Gasteiger charge is -2.14. The van der Waals surface area contributed by atoms with Gasteiger partial charge in [0.05, 0.1) is 0 Å². The van der Waals surface area contributed by atoms with Crippen molar-refractivity contribution >= 4 is 23.0 Å². The van der Waals surface area contributed by atoms with E-state index in [2.05, 4.69) is 10.6 Å². The van der Waals surface area contributed by atoms with Gasteiger partial charge in [-0.3, -0.25) is 0 Å². The van der Waals surface area contributed by atoms with Crippen LogP contribution in [0.15, 0.2) is 12.1 Å². The monoisotopic (exact) mass is 248 g/mol. The summed E-state index contributed by atoms with van der Waals surface area (Å²) in [6, 6.07) is 1.21. The van der Waals surface area contributed by atoms with Crippen LogP contribution in [0.3, 0.4) is 0 Å². The Bertz CT molecular complexity index is 384. The Kier molecular flexibility index (Phi) is 4.12. The molecule has 1 rings (SSSR count). The lowest BCUT2D eigenvalue weighted by molar-refractivity contribution is 0.549. The molecule has 0 spiro atoms. The van der Waals surface area contributed by atoms with Gasteiger partial charge in [0.15, 0.2) is 16.7 Å². The molecule has 2 nitrogen and oxygen atoms in total. The Morgan fingerprint density at radius 1 is 1.19 bits per heavy atom. The van der Waals surface area contributed by atoms with Gasteiger partial charge in [-0.05, 0) is 26.1 Å². The van der Waals surface area contributed by atoms with Crippen LogP contribution in [0, 0.1) is 17.5 Å². The third-order valence-electron chi connectivity index (χ3n) is 1.67. The molecule has 88 valence electrons. The van der Waals surface area contributed by atoms with Crippen LogP contribution >= 0.6 is 12.2 Å². The van der Waals surface area contributed by atoms with E-state index in [4.69, 9.17) is 12.2 Å². The molecule has 0 radical (unpaired) electrons. The molecule has 0 aromatic heterocycles. The molecule has 0 aliphatic rings. The molecule has 0 fully saturated rings.